The molecule has 4 heterocycles. The minimum Gasteiger partial charge on any atom is -0.394 e. The molecule has 0 unspecified atom stereocenters. The van der Waals surface area contributed by atoms with E-state index in [9.17, 15) is 9.32 Å². The lowest BCUT2D eigenvalue weighted by molar-refractivity contribution is 0.233. The van der Waals surface area contributed by atoms with Gasteiger partial charge in [0.25, 0.3) is 0 Å². The molecule has 2 aliphatic rings. The summed E-state index contributed by atoms with van der Waals surface area (Å²) in [4.78, 5) is 21.3. The summed E-state index contributed by atoms with van der Waals surface area (Å²) in [7, 11) is -1.11. The number of nitrogens with one attached hydrogen (secondary N) is 1. The smallest absolute Gasteiger partial charge is 0.227 e. The Kier molecular flexibility index (Phi) is 6.07. The van der Waals surface area contributed by atoms with Gasteiger partial charge >= 0.3 is 0 Å². The Hall–Kier alpha value is -2.39. The third-order valence-electron chi connectivity index (χ3n) is 5.65. The topological polar surface area (TPSA) is 104 Å². The third kappa shape index (κ3) is 4.62. The monoisotopic (exact) mass is 442 g/mol. The number of nitrogens with zero attached hydrogens (tertiary/aromatic N) is 5. The summed E-state index contributed by atoms with van der Waals surface area (Å²) >= 11 is 0. The molecule has 0 radical (unpaired) electrons. The first kappa shape index (κ1) is 21.8. The first-order valence-corrected chi connectivity index (χ1v) is 12.0. The Bertz CT molecular complexity index is 1020. The van der Waals surface area contributed by atoms with E-state index in [0.717, 1.165) is 35.6 Å². The van der Waals surface area contributed by atoms with Crippen molar-refractivity contribution in [3.63, 3.8) is 0 Å². The van der Waals surface area contributed by atoms with Crippen LogP contribution in [0.1, 0.15) is 57.1 Å². The second-order valence-corrected chi connectivity index (χ2v) is 10.5. The summed E-state index contributed by atoms with van der Waals surface area (Å²) < 4.78 is 12.5. The molecule has 0 bridgehead atoms. The zero-order valence-electron chi connectivity index (χ0n) is 18.6. The number of hydrogen-bond donors (Lipinski definition) is 2. The zero-order chi connectivity index (χ0) is 22.2. The van der Waals surface area contributed by atoms with Crippen molar-refractivity contribution in [2.24, 2.45) is 0 Å². The summed E-state index contributed by atoms with van der Waals surface area (Å²) in [6.45, 7) is 9.40. The number of anilines is 2. The van der Waals surface area contributed by atoms with Crippen molar-refractivity contribution in [1.82, 2.24) is 19.9 Å². The largest absolute Gasteiger partial charge is 0.394 e. The van der Waals surface area contributed by atoms with Gasteiger partial charge in [0, 0.05) is 37.7 Å². The van der Waals surface area contributed by atoms with Crippen molar-refractivity contribution in [3.05, 3.63) is 35.6 Å². The van der Waals surface area contributed by atoms with E-state index in [1.54, 1.807) is 0 Å². The van der Waals surface area contributed by atoms with Crippen LogP contribution in [0.3, 0.4) is 0 Å². The first-order chi connectivity index (χ1) is 14.8. The molecule has 1 atom stereocenters. The Morgan fingerprint density at radius 2 is 1.97 bits per heavy atom. The molecule has 0 aliphatic carbocycles. The summed E-state index contributed by atoms with van der Waals surface area (Å²) in [6.07, 6.45) is 7.43. The van der Waals surface area contributed by atoms with Gasteiger partial charge in [-0.2, -0.15) is 4.98 Å². The molecule has 0 saturated carbocycles. The maximum atomic E-state index is 12.5. The lowest BCUT2D eigenvalue weighted by Gasteiger charge is -2.29. The van der Waals surface area contributed by atoms with E-state index in [1.165, 1.54) is 0 Å². The second-order valence-electron chi connectivity index (χ2n) is 9.03. The van der Waals surface area contributed by atoms with Crippen LogP contribution in [0.2, 0.25) is 0 Å². The minimum absolute atomic E-state index is 0.0564. The maximum absolute atomic E-state index is 12.5. The van der Waals surface area contributed by atoms with Crippen LogP contribution in [0, 0.1) is 0 Å². The van der Waals surface area contributed by atoms with Gasteiger partial charge in [0.15, 0.2) is 5.82 Å². The second kappa shape index (κ2) is 8.63. The minimum atomic E-state index is -1.11. The molecule has 0 amide bonds. The highest BCUT2D eigenvalue weighted by Crippen LogP contribution is 2.32. The van der Waals surface area contributed by atoms with Crippen molar-refractivity contribution in [3.8, 4) is 0 Å². The maximum Gasteiger partial charge on any atom is 0.227 e. The average molecular weight is 443 g/mol. The fraction of sp³-hybridized carbons (Fsp3) is 0.545. The number of aryl methyl sites for hydroxylation is 1. The van der Waals surface area contributed by atoms with Crippen LogP contribution in [0.15, 0.2) is 23.4 Å². The van der Waals surface area contributed by atoms with Gasteiger partial charge in [0.1, 0.15) is 10.7 Å². The Morgan fingerprint density at radius 3 is 2.58 bits per heavy atom. The van der Waals surface area contributed by atoms with Crippen molar-refractivity contribution >= 4 is 28.1 Å². The molecule has 4 rings (SSSR count). The van der Waals surface area contributed by atoms with E-state index < -0.39 is 16.3 Å². The molecule has 9 heteroatoms. The molecule has 166 valence electrons. The average Bonchev–Trinajstić information content (AvgIpc) is 3.15. The molecule has 8 nitrogen and oxygen atoms in total. The molecule has 0 spiro atoms. The molecular weight excluding hydrogens is 412 g/mol. The van der Waals surface area contributed by atoms with Gasteiger partial charge in [-0.15, -0.1) is 0 Å². The van der Waals surface area contributed by atoms with Crippen molar-refractivity contribution < 1.29 is 9.32 Å². The Labute approximate surface area is 185 Å². The zero-order valence-corrected chi connectivity index (χ0v) is 19.4. The molecule has 31 heavy (non-hydrogen) atoms. The predicted octanol–water partition coefficient (Wildman–Crippen LogP) is 2.53. The third-order valence-corrected chi connectivity index (χ3v) is 7.10. The normalized spacial score (nSPS) is 18.8. The van der Waals surface area contributed by atoms with Crippen molar-refractivity contribution in [2.45, 2.75) is 56.9 Å². The van der Waals surface area contributed by atoms with Crippen molar-refractivity contribution in [1.29, 1.82) is 0 Å². The summed E-state index contributed by atoms with van der Waals surface area (Å²) in [5.41, 5.74) is 2.53. The van der Waals surface area contributed by atoms with Gasteiger partial charge in [-0.1, -0.05) is 19.9 Å². The quantitative estimate of drug-likeness (QED) is 0.703. The van der Waals surface area contributed by atoms with Gasteiger partial charge in [0.2, 0.25) is 5.95 Å². The molecule has 2 aliphatic heterocycles. The highest BCUT2D eigenvalue weighted by atomic mass is 32.2. The molecular formula is C22H30N6O2S. The standard InChI is InChI=1S/C22H30N6O2S/c1-14(2)16-11-23-19(24-12-16)15-5-8-28(9-6-15)21-25-17-7-10-31(30)18(17)20(26-21)27-22(3,4)13-29/h5,11-12,14,29H,6-10,13H2,1-4H3,(H,25,26,27)/t31-/m1/s1. The van der Waals surface area contributed by atoms with E-state index >= 15 is 0 Å². The highest BCUT2D eigenvalue weighted by molar-refractivity contribution is 7.85. The van der Waals surface area contributed by atoms with Crippen molar-refractivity contribution in [2.75, 3.05) is 35.7 Å². The van der Waals surface area contributed by atoms with Crippen LogP contribution >= 0.6 is 0 Å². The van der Waals surface area contributed by atoms with E-state index in [2.05, 4.69) is 40.1 Å². The fourth-order valence-electron chi connectivity index (χ4n) is 3.63. The molecule has 0 aromatic carbocycles. The Balaban J connectivity index is 1.57. The molecule has 2 aromatic heterocycles. The fourth-order valence-corrected chi connectivity index (χ4v) is 4.93. The van der Waals surface area contributed by atoms with Gasteiger partial charge < -0.3 is 15.3 Å². The first-order valence-electron chi connectivity index (χ1n) is 10.7. The lowest BCUT2D eigenvalue weighted by atomic mass is 10.1. The number of aliphatic hydroxyl groups excluding tert-OH is 1. The van der Waals surface area contributed by atoms with Crippen LogP contribution in [-0.2, 0) is 17.2 Å². The van der Waals surface area contributed by atoms with Gasteiger partial charge in [-0.05, 0) is 37.3 Å². The van der Waals surface area contributed by atoms with E-state index in [-0.39, 0.29) is 6.61 Å². The lowest BCUT2D eigenvalue weighted by Crippen LogP contribution is -2.36. The van der Waals surface area contributed by atoms with Gasteiger partial charge in [-0.3, -0.25) is 4.21 Å². The number of aromatic nitrogens is 4. The molecule has 0 saturated heterocycles. The van der Waals surface area contributed by atoms with Crippen LogP contribution in [0.4, 0.5) is 11.8 Å². The molecule has 2 aromatic rings. The number of aliphatic hydroxyl groups is 1. The SMILES string of the molecule is CC(C)c1cnc(C2=CCN(c3nc4c(c(NC(C)(C)CO)n3)[S@](=O)CC4)CC2)nc1. The van der Waals surface area contributed by atoms with Crippen LogP contribution in [0.5, 0.6) is 0 Å². The predicted molar refractivity (Wildman–Crippen MR) is 123 cm³/mol. The highest BCUT2D eigenvalue weighted by Gasteiger charge is 2.30. The number of rotatable bonds is 6. The summed E-state index contributed by atoms with van der Waals surface area (Å²) in [6, 6.07) is 0. The van der Waals surface area contributed by atoms with Crippen LogP contribution < -0.4 is 10.2 Å². The Morgan fingerprint density at radius 1 is 1.23 bits per heavy atom. The summed E-state index contributed by atoms with van der Waals surface area (Å²) in [5, 5.41) is 12.9. The molecule has 2 N–H and O–H groups in total. The van der Waals surface area contributed by atoms with Crippen LogP contribution in [-0.4, -0.2) is 60.2 Å². The van der Waals surface area contributed by atoms with Gasteiger partial charge in [0.05, 0.1) is 28.6 Å². The van der Waals surface area contributed by atoms with E-state index in [0.29, 0.717) is 41.3 Å². The van der Waals surface area contributed by atoms with Gasteiger partial charge in [-0.25, -0.2) is 15.0 Å². The number of fused-ring (bicyclic) bond motifs is 1. The van der Waals surface area contributed by atoms with E-state index in [1.807, 2.05) is 26.2 Å². The van der Waals surface area contributed by atoms with Crippen LogP contribution in [0.25, 0.3) is 5.57 Å². The van der Waals surface area contributed by atoms with E-state index in [4.69, 9.17) is 9.97 Å². The summed E-state index contributed by atoms with van der Waals surface area (Å²) in [5.74, 6) is 2.95. The molecule has 0 fully saturated rings. The number of hydrogen-bond acceptors (Lipinski definition) is 8.